The number of guanidine groups is 1. The molecule has 3 aromatic rings. The van der Waals surface area contributed by atoms with Gasteiger partial charge >= 0.3 is 0 Å². The molecule has 7 heteroatoms. The molecule has 0 amide bonds. The molecule has 0 aliphatic carbocycles. The highest BCUT2D eigenvalue weighted by Gasteiger charge is 2.21. The highest BCUT2D eigenvalue weighted by Crippen LogP contribution is 2.19. The molecule has 4 rings (SSSR count). The number of nitrogens with one attached hydrogen (secondary N) is 2. The van der Waals surface area contributed by atoms with E-state index in [2.05, 4.69) is 44.6 Å². The average Bonchev–Trinajstić information content (AvgIpc) is 3.28. The summed E-state index contributed by atoms with van der Waals surface area (Å²) in [4.78, 5) is 16.3. The van der Waals surface area contributed by atoms with E-state index >= 15 is 0 Å². The van der Waals surface area contributed by atoms with Crippen molar-refractivity contribution in [3.63, 3.8) is 0 Å². The fraction of sp³-hybridized carbons (Fsp3) is 0.375. The Kier molecular flexibility index (Phi) is 6.82. The average molecular weight is 419 g/mol. The summed E-state index contributed by atoms with van der Waals surface area (Å²) >= 11 is 0. The van der Waals surface area contributed by atoms with Crippen LogP contribution >= 0.6 is 0 Å². The molecular formula is C24H30N6O. The lowest BCUT2D eigenvalue weighted by Gasteiger charge is -2.34. The van der Waals surface area contributed by atoms with Crippen molar-refractivity contribution in [1.82, 2.24) is 20.6 Å². The minimum Gasteiger partial charge on any atom is -0.444 e. The summed E-state index contributed by atoms with van der Waals surface area (Å²) in [6, 6.07) is 16.5. The van der Waals surface area contributed by atoms with Crippen LogP contribution in [-0.2, 0) is 6.54 Å². The fourth-order valence-corrected chi connectivity index (χ4v) is 3.72. The lowest BCUT2D eigenvalue weighted by Crippen LogP contribution is -2.48. The number of hydrogen-bond acceptors (Lipinski definition) is 5. The molecule has 1 aliphatic heterocycles. The van der Waals surface area contributed by atoms with Crippen molar-refractivity contribution >= 4 is 11.8 Å². The number of nitrogens with zero attached hydrogens (tertiary/aromatic N) is 4. The number of anilines is 1. The molecule has 1 aliphatic rings. The van der Waals surface area contributed by atoms with Gasteiger partial charge in [-0.25, -0.2) is 15.0 Å². The van der Waals surface area contributed by atoms with Crippen molar-refractivity contribution in [2.24, 2.45) is 4.99 Å². The van der Waals surface area contributed by atoms with Crippen molar-refractivity contribution in [1.29, 1.82) is 0 Å². The van der Waals surface area contributed by atoms with Crippen molar-refractivity contribution in [2.75, 3.05) is 24.5 Å². The molecule has 1 aromatic carbocycles. The Hall–Kier alpha value is -3.35. The molecule has 0 unspecified atom stereocenters. The number of rotatable bonds is 6. The Balaban J connectivity index is 1.33. The number of piperidine rings is 1. The van der Waals surface area contributed by atoms with E-state index in [0.29, 0.717) is 18.5 Å². The summed E-state index contributed by atoms with van der Waals surface area (Å²) in [6.45, 7) is 7.36. The maximum absolute atomic E-state index is 5.62. The second kappa shape index (κ2) is 10.1. The molecule has 162 valence electrons. The Morgan fingerprint density at radius 1 is 1.10 bits per heavy atom. The minimum atomic E-state index is 0.385. The lowest BCUT2D eigenvalue weighted by molar-refractivity contribution is 0.459. The van der Waals surface area contributed by atoms with E-state index in [1.165, 1.54) is 0 Å². The van der Waals surface area contributed by atoms with Gasteiger partial charge in [-0.15, -0.1) is 0 Å². The summed E-state index contributed by atoms with van der Waals surface area (Å²) in [5.74, 6) is 2.51. The molecular weight excluding hydrogens is 388 g/mol. The molecule has 2 N–H and O–H groups in total. The summed E-state index contributed by atoms with van der Waals surface area (Å²) in [5, 5.41) is 6.93. The lowest BCUT2D eigenvalue weighted by atomic mass is 10.1. The van der Waals surface area contributed by atoms with Gasteiger partial charge in [0.1, 0.15) is 17.8 Å². The van der Waals surface area contributed by atoms with E-state index in [1.54, 1.807) is 6.26 Å². The molecule has 7 nitrogen and oxygen atoms in total. The van der Waals surface area contributed by atoms with Crippen molar-refractivity contribution in [2.45, 2.75) is 39.3 Å². The fourth-order valence-electron chi connectivity index (χ4n) is 3.72. The van der Waals surface area contributed by atoms with Crippen LogP contribution in [0.25, 0.3) is 11.5 Å². The van der Waals surface area contributed by atoms with Gasteiger partial charge in [-0.05, 0) is 51.0 Å². The maximum atomic E-state index is 5.62. The van der Waals surface area contributed by atoms with Crippen LogP contribution < -0.4 is 15.5 Å². The van der Waals surface area contributed by atoms with Crippen molar-refractivity contribution in [3.05, 3.63) is 66.2 Å². The van der Waals surface area contributed by atoms with Crippen LogP contribution in [0.5, 0.6) is 0 Å². The Morgan fingerprint density at radius 3 is 2.65 bits per heavy atom. The smallest absolute Gasteiger partial charge is 0.226 e. The number of pyridine rings is 1. The predicted octanol–water partition coefficient (Wildman–Crippen LogP) is 3.77. The first kappa shape index (κ1) is 20.9. The number of aromatic nitrogens is 2. The van der Waals surface area contributed by atoms with Crippen LogP contribution in [0.2, 0.25) is 0 Å². The summed E-state index contributed by atoms with van der Waals surface area (Å²) in [5.41, 5.74) is 2.84. The number of benzene rings is 1. The van der Waals surface area contributed by atoms with Gasteiger partial charge in [-0.1, -0.05) is 24.3 Å². The van der Waals surface area contributed by atoms with Crippen molar-refractivity contribution < 1.29 is 4.42 Å². The second-order valence-corrected chi connectivity index (χ2v) is 7.75. The zero-order valence-corrected chi connectivity index (χ0v) is 18.2. The first-order chi connectivity index (χ1) is 15.2. The third-order valence-corrected chi connectivity index (χ3v) is 5.35. The topological polar surface area (TPSA) is 78.6 Å². The zero-order valence-electron chi connectivity index (χ0n) is 18.2. The molecule has 3 heterocycles. The standard InChI is InChI=1S/C24H30N6O/c1-3-25-24(26-16-21-17-31-23(28-21)19-9-5-4-6-10-19)29-20-12-14-30(15-13-20)22-11-7-8-18(2)27-22/h4-11,17,20H,3,12-16H2,1-2H3,(H2,25,26,29). The van der Waals surface area contributed by atoms with Crippen LogP contribution in [0.1, 0.15) is 31.2 Å². The van der Waals surface area contributed by atoms with E-state index in [4.69, 9.17) is 9.41 Å². The van der Waals surface area contributed by atoms with E-state index in [9.17, 15) is 0 Å². The highest BCUT2D eigenvalue weighted by molar-refractivity contribution is 5.80. The Labute approximate surface area is 183 Å². The maximum Gasteiger partial charge on any atom is 0.226 e. The number of aryl methyl sites for hydroxylation is 1. The monoisotopic (exact) mass is 418 g/mol. The Bertz CT molecular complexity index is 992. The number of oxazole rings is 1. The van der Waals surface area contributed by atoms with Gasteiger partial charge < -0.3 is 20.0 Å². The molecule has 2 aromatic heterocycles. The van der Waals surface area contributed by atoms with Crippen molar-refractivity contribution in [3.8, 4) is 11.5 Å². The van der Waals surface area contributed by atoms with E-state index in [0.717, 1.165) is 61.2 Å². The van der Waals surface area contributed by atoms with E-state index < -0.39 is 0 Å². The van der Waals surface area contributed by atoms with E-state index in [-0.39, 0.29) is 0 Å². The van der Waals surface area contributed by atoms with Crippen LogP contribution in [-0.4, -0.2) is 41.6 Å². The third kappa shape index (κ3) is 5.63. The quantitative estimate of drug-likeness (QED) is 0.469. The summed E-state index contributed by atoms with van der Waals surface area (Å²) < 4.78 is 5.62. The molecule has 0 spiro atoms. The number of hydrogen-bond donors (Lipinski definition) is 2. The van der Waals surface area contributed by atoms with Crippen LogP contribution in [0.3, 0.4) is 0 Å². The molecule has 31 heavy (non-hydrogen) atoms. The first-order valence-corrected chi connectivity index (χ1v) is 10.9. The SMILES string of the molecule is CCNC(=NCc1coc(-c2ccccc2)n1)NC1CCN(c2cccc(C)n2)CC1. The van der Waals surface area contributed by atoms with Gasteiger partial charge in [0.05, 0.1) is 6.54 Å². The van der Waals surface area contributed by atoms with E-state index in [1.807, 2.05) is 43.3 Å². The second-order valence-electron chi connectivity index (χ2n) is 7.75. The van der Waals surface area contributed by atoms with Crippen LogP contribution in [0, 0.1) is 6.92 Å². The largest absolute Gasteiger partial charge is 0.444 e. The molecule has 0 radical (unpaired) electrons. The van der Waals surface area contributed by atoms with Gasteiger partial charge in [0.2, 0.25) is 5.89 Å². The van der Waals surface area contributed by atoms with Gasteiger partial charge in [0.25, 0.3) is 0 Å². The third-order valence-electron chi connectivity index (χ3n) is 5.35. The summed E-state index contributed by atoms with van der Waals surface area (Å²) in [7, 11) is 0. The van der Waals surface area contributed by atoms with Gasteiger partial charge in [-0.2, -0.15) is 0 Å². The first-order valence-electron chi connectivity index (χ1n) is 10.9. The molecule has 0 atom stereocenters. The zero-order chi connectivity index (χ0) is 21.5. The molecule has 0 bridgehead atoms. The normalized spacial score (nSPS) is 15.2. The molecule has 1 saturated heterocycles. The molecule has 1 fully saturated rings. The predicted molar refractivity (Wildman–Crippen MR) is 124 cm³/mol. The number of aliphatic imine (C=N–C) groups is 1. The van der Waals surface area contributed by atoms with Gasteiger partial charge in [-0.3, -0.25) is 0 Å². The van der Waals surface area contributed by atoms with Crippen LogP contribution in [0.4, 0.5) is 5.82 Å². The molecule has 0 saturated carbocycles. The summed E-state index contributed by atoms with van der Waals surface area (Å²) in [6.07, 6.45) is 3.77. The van der Waals surface area contributed by atoms with Crippen LogP contribution in [0.15, 0.2) is 64.2 Å². The minimum absolute atomic E-state index is 0.385. The highest BCUT2D eigenvalue weighted by atomic mass is 16.3. The van der Waals surface area contributed by atoms with Gasteiger partial charge in [0.15, 0.2) is 5.96 Å². The Morgan fingerprint density at radius 2 is 1.90 bits per heavy atom. The van der Waals surface area contributed by atoms with Gasteiger partial charge in [0, 0.05) is 36.9 Å².